The summed E-state index contributed by atoms with van der Waals surface area (Å²) in [5, 5.41) is 13.4. The van der Waals surface area contributed by atoms with Crippen molar-refractivity contribution in [1.82, 2.24) is 14.8 Å². The Morgan fingerprint density at radius 1 is 1.24 bits per heavy atom. The number of aryl methyl sites for hydroxylation is 2. The van der Waals surface area contributed by atoms with E-state index >= 15 is 0 Å². The van der Waals surface area contributed by atoms with Crippen LogP contribution in [-0.4, -0.2) is 25.8 Å². The van der Waals surface area contributed by atoms with E-state index < -0.39 is 5.97 Å². The van der Waals surface area contributed by atoms with Crippen LogP contribution in [0.1, 0.15) is 42.4 Å². The van der Waals surface area contributed by atoms with E-state index in [0.717, 1.165) is 37.3 Å². The van der Waals surface area contributed by atoms with Crippen LogP contribution >= 0.6 is 0 Å². The van der Waals surface area contributed by atoms with Crippen LogP contribution in [0.3, 0.4) is 0 Å². The fourth-order valence-electron chi connectivity index (χ4n) is 2.62. The van der Waals surface area contributed by atoms with Gasteiger partial charge in [0.15, 0.2) is 5.82 Å². The summed E-state index contributed by atoms with van der Waals surface area (Å²) in [6.07, 6.45) is 5.01. The van der Waals surface area contributed by atoms with Gasteiger partial charge in [0.05, 0.1) is 0 Å². The van der Waals surface area contributed by atoms with Crippen molar-refractivity contribution in [2.24, 2.45) is 0 Å². The Labute approximate surface area is 123 Å². The summed E-state index contributed by atoms with van der Waals surface area (Å²) >= 11 is 0. The van der Waals surface area contributed by atoms with Gasteiger partial charge < -0.3 is 5.11 Å². The van der Waals surface area contributed by atoms with Crippen LogP contribution in [0.5, 0.6) is 0 Å². The van der Waals surface area contributed by atoms with Gasteiger partial charge in [0.25, 0.3) is 0 Å². The SMILES string of the molecule is O=C(O)Cn1nc(CCc2ccccc2)nc1C1CCC1. The number of aromatic nitrogens is 3. The lowest BCUT2D eigenvalue weighted by molar-refractivity contribution is -0.138. The first-order valence-corrected chi connectivity index (χ1v) is 7.41. The number of nitrogens with zero attached hydrogens (tertiary/aromatic N) is 3. The molecule has 2 aromatic rings. The number of carboxylic acid groups (broad SMARTS) is 1. The van der Waals surface area contributed by atoms with Gasteiger partial charge in [0.2, 0.25) is 0 Å². The van der Waals surface area contributed by atoms with Crippen molar-refractivity contribution in [2.45, 2.75) is 44.6 Å². The first kappa shape index (κ1) is 13.8. The minimum absolute atomic E-state index is 0.0931. The van der Waals surface area contributed by atoms with Crippen molar-refractivity contribution in [1.29, 1.82) is 0 Å². The molecule has 0 unspecified atom stereocenters. The van der Waals surface area contributed by atoms with Crippen LogP contribution in [0, 0.1) is 0 Å². The number of benzene rings is 1. The van der Waals surface area contributed by atoms with Crippen molar-refractivity contribution in [3.8, 4) is 0 Å². The molecule has 0 spiro atoms. The molecule has 5 nitrogen and oxygen atoms in total. The zero-order chi connectivity index (χ0) is 14.7. The second-order valence-electron chi connectivity index (χ2n) is 5.55. The van der Waals surface area contributed by atoms with Gasteiger partial charge in [-0.2, -0.15) is 5.10 Å². The molecular weight excluding hydrogens is 266 g/mol. The molecule has 0 aliphatic heterocycles. The highest BCUT2D eigenvalue weighted by atomic mass is 16.4. The standard InChI is InChI=1S/C16H19N3O2/c20-15(21)11-19-16(13-7-4-8-13)17-14(18-19)10-9-12-5-2-1-3-6-12/h1-3,5-6,13H,4,7-11H2,(H,20,21). The maximum Gasteiger partial charge on any atom is 0.325 e. The van der Waals surface area contributed by atoms with E-state index in [9.17, 15) is 4.79 Å². The monoisotopic (exact) mass is 285 g/mol. The molecule has 0 atom stereocenters. The molecule has 0 radical (unpaired) electrons. The Morgan fingerprint density at radius 3 is 2.62 bits per heavy atom. The van der Waals surface area contributed by atoms with E-state index in [0.29, 0.717) is 5.92 Å². The third-order valence-corrected chi connectivity index (χ3v) is 3.98. The van der Waals surface area contributed by atoms with Gasteiger partial charge in [-0.1, -0.05) is 36.8 Å². The summed E-state index contributed by atoms with van der Waals surface area (Å²) in [7, 11) is 0. The molecule has 3 rings (SSSR count). The smallest absolute Gasteiger partial charge is 0.325 e. The predicted molar refractivity (Wildman–Crippen MR) is 78.1 cm³/mol. The van der Waals surface area contributed by atoms with Gasteiger partial charge >= 0.3 is 5.97 Å². The zero-order valence-electron chi connectivity index (χ0n) is 11.9. The van der Waals surface area contributed by atoms with Crippen molar-refractivity contribution < 1.29 is 9.90 Å². The van der Waals surface area contributed by atoms with E-state index in [1.807, 2.05) is 18.2 Å². The number of rotatable bonds is 6. The second-order valence-corrected chi connectivity index (χ2v) is 5.55. The number of aliphatic carboxylic acids is 1. The van der Waals surface area contributed by atoms with Crippen LogP contribution in [0.15, 0.2) is 30.3 Å². The van der Waals surface area contributed by atoms with Crippen molar-refractivity contribution in [2.75, 3.05) is 0 Å². The van der Waals surface area contributed by atoms with Gasteiger partial charge in [0, 0.05) is 12.3 Å². The normalized spacial score (nSPS) is 14.9. The summed E-state index contributed by atoms with van der Waals surface area (Å²) < 4.78 is 1.58. The van der Waals surface area contributed by atoms with E-state index in [1.54, 1.807) is 4.68 Å². The van der Waals surface area contributed by atoms with E-state index in [1.165, 1.54) is 12.0 Å². The largest absolute Gasteiger partial charge is 0.480 e. The fourth-order valence-corrected chi connectivity index (χ4v) is 2.62. The van der Waals surface area contributed by atoms with Crippen LogP contribution in [0.4, 0.5) is 0 Å². The highest BCUT2D eigenvalue weighted by Crippen LogP contribution is 2.35. The number of carboxylic acids is 1. The first-order valence-electron chi connectivity index (χ1n) is 7.41. The first-order chi connectivity index (χ1) is 10.2. The number of hydrogen-bond acceptors (Lipinski definition) is 3. The summed E-state index contributed by atoms with van der Waals surface area (Å²) in [6, 6.07) is 10.2. The third-order valence-electron chi connectivity index (χ3n) is 3.98. The molecule has 0 amide bonds. The Balaban J connectivity index is 1.72. The minimum Gasteiger partial charge on any atom is -0.480 e. The zero-order valence-corrected chi connectivity index (χ0v) is 11.9. The average Bonchev–Trinajstić information content (AvgIpc) is 2.78. The van der Waals surface area contributed by atoms with Gasteiger partial charge in [-0.05, 0) is 24.8 Å². The molecule has 1 aliphatic rings. The summed E-state index contributed by atoms with van der Waals surface area (Å²) in [6.45, 7) is -0.0931. The lowest BCUT2D eigenvalue weighted by Crippen LogP contribution is -2.19. The average molecular weight is 285 g/mol. The van der Waals surface area contributed by atoms with Gasteiger partial charge in [-0.3, -0.25) is 4.79 Å². The fraction of sp³-hybridized carbons (Fsp3) is 0.438. The second kappa shape index (κ2) is 6.08. The molecule has 1 aliphatic carbocycles. The lowest BCUT2D eigenvalue weighted by atomic mass is 9.85. The van der Waals surface area contributed by atoms with Gasteiger partial charge in [0.1, 0.15) is 12.4 Å². The molecule has 1 N–H and O–H groups in total. The molecule has 0 saturated heterocycles. The Bertz CT molecular complexity index is 618. The van der Waals surface area contributed by atoms with Crippen molar-refractivity contribution >= 4 is 5.97 Å². The third kappa shape index (κ3) is 3.29. The molecule has 0 bridgehead atoms. The maximum absolute atomic E-state index is 10.9. The molecule has 1 heterocycles. The summed E-state index contributed by atoms with van der Waals surface area (Å²) in [5.74, 6) is 1.13. The highest BCUT2D eigenvalue weighted by molar-refractivity contribution is 5.66. The molecule has 1 aromatic heterocycles. The molecule has 110 valence electrons. The van der Waals surface area contributed by atoms with Crippen molar-refractivity contribution in [3.63, 3.8) is 0 Å². The molecular formula is C16H19N3O2. The van der Waals surface area contributed by atoms with E-state index in [-0.39, 0.29) is 6.54 Å². The van der Waals surface area contributed by atoms with Crippen molar-refractivity contribution in [3.05, 3.63) is 47.5 Å². The molecule has 5 heteroatoms. The summed E-state index contributed by atoms with van der Waals surface area (Å²) in [4.78, 5) is 15.5. The van der Waals surface area contributed by atoms with Crippen LogP contribution in [-0.2, 0) is 24.2 Å². The van der Waals surface area contributed by atoms with Crippen LogP contribution < -0.4 is 0 Å². The molecule has 1 aromatic carbocycles. The van der Waals surface area contributed by atoms with Crippen LogP contribution in [0.2, 0.25) is 0 Å². The number of carbonyl (C=O) groups is 1. The minimum atomic E-state index is -0.866. The summed E-state index contributed by atoms with van der Waals surface area (Å²) in [5.41, 5.74) is 1.25. The lowest BCUT2D eigenvalue weighted by Gasteiger charge is -2.24. The van der Waals surface area contributed by atoms with E-state index in [4.69, 9.17) is 5.11 Å². The molecule has 21 heavy (non-hydrogen) atoms. The quantitative estimate of drug-likeness (QED) is 0.885. The van der Waals surface area contributed by atoms with Gasteiger partial charge in [-0.25, -0.2) is 9.67 Å². The number of hydrogen-bond donors (Lipinski definition) is 1. The molecule has 1 saturated carbocycles. The van der Waals surface area contributed by atoms with E-state index in [2.05, 4.69) is 22.2 Å². The van der Waals surface area contributed by atoms with Crippen LogP contribution in [0.25, 0.3) is 0 Å². The predicted octanol–water partition coefficient (Wildman–Crippen LogP) is 2.42. The van der Waals surface area contributed by atoms with Gasteiger partial charge in [-0.15, -0.1) is 0 Å². The topological polar surface area (TPSA) is 68.0 Å². The Kier molecular flexibility index (Phi) is 3.99. The Morgan fingerprint density at radius 2 is 2.00 bits per heavy atom. The molecule has 1 fully saturated rings. The highest BCUT2D eigenvalue weighted by Gasteiger charge is 2.26. The Hall–Kier alpha value is -2.17. The maximum atomic E-state index is 10.9.